The van der Waals surface area contributed by atoms with Crippen molar-refractivity contribution in [3.8, 4) is 0 Å². The lowest BCUT2D eigenvalue weighted by Gasteiger charge is -2.13. The van der Waals surface area contributed by atoms with Gasteiger partial charge in [0.2, 0.25) is 0 Å². The van der Waals surface area contributed by atoms with Gasteiger partial charge in [0.25, 0.3) is 0 Å². The average molecular weight is 220 g/mol. The Morgan fingerprint density at radius 1 is 1.38 bits per heavy atom. The maximum atomic E-state index is 11.3. The van der Waals surface area contributed by atoms with Crippen LogP contribution >= 0.6 is 0 Å². The van der Waals surface area contributed by atoms with Crippen LogP contribution in [0.3, 0.4) is 0 Å². The van der Waals surface area contributed by atoms with Crippen LogP contribution < -0.4 is 11.1 Å². The quantitative estimate of drug-likeness (QED) is 0.581. The van der Waals surface area contributed by atoms with Gasteiger partial charge in [0.15, 0.2) is 0 Å². The zero-order chi connectivity index (χ0) is 11.5. The third-order valence-corrected chi connectivity index (χ3v) is 2.97. The summed E-state index contributed by atoms with van der Waals surface area (Å²) in [6.07, 6.45) is 1.77. The first-order valence-electron chi connectivity index (χ1n) is 5.40. The Labute approximate surface area is 94.8 Å². The van der Waals surface area contributed by atoms with Gasteiger partial charge in [-0.3, -0.25) is 10.1 Å². The number of methoxy groups -OCH3 is 1. The lowest BCUT2D eigenvalue weighted by molar-refractivity contribution is -0.142. The first-order valence-corrected chi connectivity index (χ1v) is 5.40. The molecule has 1 aromatic rings. The Kier molecular flexibility index (Phi) is 3.10. The van der Waals surface area contributed by atoms with E-state index in [1.807, 2.05) is 24.3 Å². The van der Waals surface area contributed by atoms with Crippen LogP contribution in [-0.4, -0.2) is 19.1 Å². The summed E-state index contributed by atoms with van der Waals surface area (Å²) >= 11 is 0. The maximum Gasteiger partial charge on any atom is 0.322 e. The normalized spacial score (nSPS) is 24.3. The van der Waals surface area contributed by atoms with E-state index in [1.165, 1.54) is 12.7 Å². The van der Waals surface area contributed by atoms with Gasteiger partial charge in [-0.1, -0.05) is 12.1 Å². The zero-order valence-corrected chi connectivity index (χ0v) is 9.27. The van der Waals surface area contributed by atoms with E-state index in [2.05, 4.69) is 5.32 Å². The molecule has 0 spiro atoms. The van der Waals surface area contributed by atoms with Crippen LogP contribution in [0.15, 0.2) is 24.3 Å². The number of nitrogens with one attached hydrogen (secondary N) is 1. The molecule has 1 heterocycles. The lowest BCUT2D eigenvalue weighted by atomic mass is 10.1. The van der Waals surface area contributed by atoms with E-state index in [-0.39, 0.29) is 18.1 Å². The summed E-state index contributed by atoms with van der Waals surface area (Å²) in [7, 11) is 1.42. The first kappa shape index (κ1) is 11.0. The summed E-state index contributed by atoms with van der Waals surface area (Å²) in [6.45, 7) is 0. The van der Waals surface area contributed by atoms with E-state index in [1.54, 1.807) is 0 Å². The van der Waals surface area contributed by atoms with Gasteiger partial charge in [-0.2, -0.15) is 0 Å². The van der Waals surface area contributed by atoms with Gasteiger partial charge in [0, 0.05) is 11.7 Å². The molecule has 4 heteroatoms. The third kappa shape index (κ3) is 2.17. The van der Waals surface area contributed by atoms with Crippen LogP contribution in [0, 0.1) is 0 Å². The molecule has 1 aliphatic rings. The Morgan fingerprint density at radius 3 is 2.69 bits per heavy atom. The van der Waals surface area contributed by atoms with Gasteiger partial charge in [0.1, 0.15) is 6.04 Å². The van der Waals surface area contributed by atoms with Crippen LogP contribution in [0.5, 0.6) is 0 Å². The van der Waals surface area contributed by atoms with E-state index in [9.17, 15) is 4.79 Å². The summed E-state index contributed by atoms with van der Waals surface area (Å²) in [4.78, 5) is 11.3. The van der Waals surface area contributed by atoms with E-state index < -0.39 is 0 Å². The molecule has 1 saturated heterocycles. The highest BCUT2D eigenvalue weighted by Crippen LogP contribution is 2.27. The Morgan fingerprint density at radius 2 is 2.06 bits per heavy atom. The second-order valence-corrected chi connectivity index (χ2v) is 4.04. The molecule has 2 unspecified atom stereocenters. The molecule has 3 N–H and O–H groups in total. The van der Waals surface area contributed by atoms with Crippen LogP contribution in [0.2, 0.25) is 0 Å². The summed E-state index contributed by atoms with van der Waals surface area (Å²) in [5.41, 5.74) is 7.55. The lowest BCUT2D eigenvalue weighted by Crippen LogP contribution is -2.33. The predicted octanol–water partition coefficient (Wildman–Crippen LogP) is 1.23. The van der Waals surface area contributed by atoms with E-state index in [0.29, 0.717) is 0 Å². The largest absolute Gasteiger partial charge is 0.468 e. The molecule has 2 atom stereocenters. The summed E-state index contributed by atoms with van der Waals surface area (Å²) in [6, 6.07) is 7.79. The molecule has 0 amide bonds. The smallest absolute Gasteiger partial charge is 0.322 e. The van der Waals surface area contributed by atoms with Crippen molar-refractivity contribution in [1.82, 2.24) is 5.32 Å². The molecule has 1 aromatic carbocycles. The second kappa shape index (κ2) is 4.53. The summed E-state index contributed by atoms with van der Waals surface area (Å²) in [5, 5.41) is 3.26. The number of hydrogen-bond donors (Lipinski definition) is 2. The number of benzene rings is 1. The van der Waals surface area contributed by atoms with E-state index in [4.69, 9.17) is 10.5 Å². The molecule has 86 valence electrons. The van der Waals surface area contributed by atoms with Crippen molar-refractivity contribution in [2.24, 2.45) is 0 Å². The van der Waals surface area contributed by atoms with Gasteiger partial charge in [-0.15, -0.1) is 0 Å². The molecule has 0 aromatic heterocycles. The van der Waals surface area contributed by atoms with Crippen molar-refractivity contribution in [3.05, 3.63) is 29.8 Å². The van der Waals surface area contributed by atoms with Gasteiger partial charge >= 0.3 is 5.97 Å². The molecule has 1 aliphatic heterocycles. The number of nitrogens with two attached hydrogens (primary N) is 1. The SMILES string of the molecule is COC(=O)C1CCC(c2ccc(N)cc2)N1. The van der Waals surface area contributed by atoms with Crippen LogP contribution in [0.4, 0.5) is 5.69 Å². The molecule has 1 fully saturated rings. The van der Waals surface area contributed by atoms with E-state index >= 15 is 0 Å². The van der Waals surface area contributed by atoms with Crippen LogP contribution in [-0.2, 0) is 9.53 Å². The van der Waals surface area contributed by atoms with Gasteiger partial charge in [-0.05, 0) is 30.5 Å². The first-order chi connectivity index (χ1) is 7.70. The third-order valence-electron chi connectivity index (χ3n) is 2.97. The van der Waals surface area contributed by atoms with E-state index in [0.717, 1.165) is 18.5 Å². The number of esters is 1. The Hall–Kier alpha value is -1.55. The van der Waals surface area contributed by atoms with Crippen molar-refractivity contribution in [3.63, 3.8) is 0 Å². The number of rotatable bonds is 2. The maximum absolute atomic E-state index is 11.3. The number of carbonyl (C=O) groups excluding carboxylic acids is 1. The molecule has 2 rings (SSSR count). The fourth-order valence-corrected chi connectivity index (χ4v) is 2.06. The molecule has 4 nitrogen and oxygen atoms in total. The number of anilines is 1. The van der Waals surface area contributed by atoms with Crippen LogP contribution in [0.1, 0.15) is 24.4 Å². The van der Waals surface area contributed by atoms with Crippen molar-refractivity contribution >= 4 is 11.7 Å². The standard InChI is InChI=1S/C12H16N2O2/c1-16-12(15)11-7-6-10(14-11)8-2-4-9(13)5-3-8/h2-5,10-11,14H,6-7,13H2,1H3. The van der Waals surface area contributed by atoms with Crippen molar-refractivity contribution < 1.29 is 9.53 Å². The van der Waals surface area contributed by atoms with Gasteiger partial charge < -0.3 is 10.5 Å². The topological polar surface area (TPSA) is 64.3 Å². The Balaban J connectivity index is 2.03. The average Bonchev–Trinajstić information content (AvgIpc) is 2.78. The molecule has 16 heavy (non-hydrogen) atoms. The fraction of sp³-hybridized carbons (Fsp3) is 0.417. The second-order valence-electron chi connectivity index (χ2n) is 4.04. The number of ether oxygens (including phenoxy) is 1. The highest BCUT2D eigenvalue weighted by atomic mass is 16.5. The minimum atomic E-state index is -0.182. The minimum Gasteiger partial charge on any atom is -0.468 e. The summed E-state index contributed by atoms with van der Waals surface area (Å²) in [5.74, 6) is -0.182. The number of carbonyl (C=O) groups is 1. The van der Waals surface area contributed by atoms with Crippen molar-refractivity contribution in [2.75, 3.05) is 12.8 Å². The predicted molar refractivity (Wildman–Crippen MR) is 61.8 cm³/mol. The molecule has 0 bridgehead atoms. The molecule has 0 saturated carbocycles. The monoisotopic (exact) mass is 220 g/mol. The molecule has 0 aliphatic carbocycles. The summed E-state index contributed by atoms with van der Waals surface area (Å²) < 4.78 is 4.72. The van der Waals surface area contributed by atoms with Gasteiger partial charge in [-0.25, -0.2) is 0 Å². The van der Waals surface area contributed by atoms with Gasteiger partial charge in [0.05, 0.1) is 7.11 Å². The number of hydrogen-bond acceptors (Lipinski definition) is 4. The van der Waals surface area contributed by atoms with Crippen molar-refractivity contribution in [1.29, 1.82) is 0 Å². The molecular formula is C12H16N2O2. The molecular weight excluding hydrogens is 204 g/mol. The Bertz CT molecular complexity index is 375. The van der Waals surface area contributed by atoms with Crippen molar-refractivity contribution in [2.45, 2.75) is 24.9 Å². The highest BCUT2D eigenvalue weighted by molar-refractivity contribution is 5.76. The number of nitrogen functional groups attached to an aromatic ring is 1. The fourth-order valence-electron chi connectivity index (χ4n) is 2.06. The zero-order valence-electron chi connectivity index (χ0n) is 9.27. The van der Waals surface area contributed by atoms with Crippen LogP contribution in [0.25, 0.3) is 0 Å². The highest BCUT2D eigenvalue weighted by Gasteiger charge is 2.30. The minimum absolute atomic E-state index is 0.174. The molecule has 0 radical (unpaired) electrons.